The molecule has 0 spiro atoms. The third-order valence-corrected chi connectivity index (χ3v) is 6.88. The molecule has 1 fully saturated rings. The maximum Gasteiger partial charge on any atom is 0.263 e. The Kier molecular flexibility index (Phi) is 3.66. The number of carbonyl (C=O) groups excluding carboxylic acids is 1. The number of anilines is 1. The Balaban J connectivity index is 1.47. The van der Waals surface area contributed by atoms with Gasteiger partial charge in [0.2, 0.25) is 0 Å². The van der Waals surface area contributed by atoms with Gasteiger partial charge in [-0.25, -0.2) is 4.98 Å². The Bertz CT molecular complexity index is 1270. The summed E-state index contributed by atoms with van der Waals surface area (Å²) >= 11 is 1.53. The van der Waals surface area contributed by atoms with E-state index < -0.39 is 0 Å². The smallest absolute Gasteiger partial charge is 0.263 e. The van der Waals surface area contributed by atoms with E-state index in [1.165, 1.54) is 11.3 Å². The maximum atomic E-state index is 12.6. The molecule has 0 radical (unpaired) electrons. The van der Waals surface area contributed by atoms with Gasteiger partial charge in [-0.3, -0.25) is 9.48 Å². The Hall–Kier alpha value is -2.97. The largest absolute Gasteiger partial charge is 0.381 e. The summed E-state index contributed by atoms with van der Waals surface area (Å²) in [5, 5.41) is 16.4. The monoisotopic (exact) mass is 404 g/mol. The minimum atomic E-state index is -0.00525. The van der Waals surface area contributed by atoms with Crippen LogP contribution in [0.1, 0.15) is 22.6 Å². The van der Waals surface area contributed by atoms with Crippen LogP contribution in [0.15, 0.2) is 36.7 Å². The van der Waals surface area contributed by atoms with Crippen LogP contribution < -0.4 is 16.0 Å². The summed E-state index contributed by atoms with van der Waals surface area (Å²) in [6.45, 7) is 4.65. The molecule has 8 heteroatoms. The minimum Gasteiger partial charge on any atom is -0.381 e. The summed E-state index contributed by atoms with van der Waals surface area (Å²) in [6, 6.07) is 8.80. The zero-order valence-electron chi connectivity index (χ0n) is 15.9. The second-order valence-electron chi connectivity index (χ2n) is 7.78. The number of nitrogens with one attached hydrogen (secondary N) is 3. The Labute approximate surface area is 171 Å². The number of fused-ring (bicyclic) bond motifs is 5. The van der Waals surface area contributed by atoms with E-state index >= 15 is 0 Å². The van der Waals surface area contributed by atoms with E-state index in [0.29, 0.717) is 12.6 Å². The molecule has 1 aromatic carbocycles. The summed E-state index contributed by atoms with van der Waals surface area (Å²) < 4.78 is 3.11. The van der Waals surface area contributed by atoms with Crippen LogP contribution >= 0.6 is 11.3 Å². The number of hydrogen-bond acceptors (Lipinski definition) is 6. The van der Waals surface area contributed by atoms with Crippen molar-refractivity contribution in [2.75, 3.05) is 25.0 Å². The van der Waals surface area contributed by atoms with Gasteiger partial charge in [0.1, 0.15) is 4.88 Å². The van der Waals surface area contributed by atoms with Gasteiger partial charge < -0.3 is 16.0 Å². The standard InChI is InChI=1S/C21H20N6OS/c1-11-6-23-19-18-14-2-3-15(12-7-24-27(10-12)13-8-22-9-13)26-16(14)4-5-17(18)29-20(19)21(28)25-11/h2-5,7,10-11,13,22-23H,6,8-9H2,1H3,(H,25,28)/t11-/m1/s1. The zero-order valence-corrected chi connectivity index (χ0v) is 16.7. The summed E-state index contributed by atoms with van der Waals surface area (Å²) in [5.74, 6) is -0.00525. The first-order chi connectivity index (χ1) is 14.2. The predicted octanol–water partition coefficient (Wildman–Crippen LogP) is 3.00. The van der Waals surface area contributed by atoms with Crippen LogP contribution in [0.5, 0.6) is 0 Å². The molecular formula is C21H20N6OS. The highest BCUT2D eigenvalue weighted by molar-refractivity contribution is 7.21. The second-order valence-corrected chi connectivity index (χ2v) is 8.84. The number of rotatable bonds is 2. The number of aromatic nitrogens is 3. The molecule has 0 bridgehead atoms. The SMILES string of the molecule is C[C@@H]1CNc2c(sc3ccc4nc(-c5cnn(C6CNC6)c5)ccc4c23)C(=O)N1. The van der Waals surface area contributed by atoms with Gasteiger partial charge >= 0.3 is 0 Å². The third kappa shape index (κ3) is 2.63. The molecule has 146 valence electrons. The molecule has 2 aliphatic heterocycles. The highest BCUT2D eigenvalue weighted by atomic mass is 32.1. The lowest BCUT2D eigenvalue weighted by molar-refractivity contribution is 0.0949. The van der Waals surface area contributed by atoms with Crippen molar-refractivity contribution < 1.29 is 4.79 Å². The molecule has 1 atom stereocenters. The van der Waals surface area contributed by atoms with Crippen LogP contribution in [0.2, 0.25) is 0 Å². The highest BCUT2D eigenvalue weighted by Gasteiger charge is 2.25. The van der Waals surface area contributed by atoms with E-state index in [-0.39, 0.29) is 11.9 Å². The lowest BCUT2D eigenvalue weighted by Crippen LogP contribution is -2.43. The minimum absolute atomic E-state index is 0.00525. The van der Waals surface area contributed by atoms with Crippen molar-refractivity contribution in [1.82, 2.24) is 25.4 Å². The van der Waals surface area contributed by atoms with E-state index in [1.54, 1.807) is 0 Å². The summed E-state index contributed by atoms with van der Waals surface area (Å²) in [6.07, 6.45) is 3.96. The topological polar surface area (TPSA) is 83.9 Å². The van der Waals surface area contributed by atoms with Gasteiger partial charge in [-0.15, -0.1) is 11.3 Å². The molecule has 3 aromatic heterocycles. The van der Waals surface area contributed by atoms with Crippen LogP contribution in [0.3, 0.4) is 0 Å². The van der Waals surface area contributed by atoms with E-state index in [1.807, 2.05) is 29.9 Å². The fourth-order valence-electron chi connectivity index (χ4n) is 4.02. The van der Waals surface area contributed by atoms with Crippen molar-refractivity contribution >= 4 is 43.9 Å². The molecule has 7 nitrogen and oxygen atoms in total. The van der Waals surface area contributed by atoms with Crippen molar-refractivity contribution in [2.24, 2.45) is 0 Å². The van der Waals surface area contributed by atoms with Crippen LogP contribution in [0.25, 0.3) is 32.2 Å². The molecule has 1 saturated heterocycles. The van der Waals surface area contributed by atoms with Gasteiger partial charge in [0, 0.05) is 52.9 Å². The van der Waals surface area contributed by atoms with Gasteiger partial charge in [-0.05, 0) is 31.2 Å². The fourth-order valence-corrected chi connectivity index (χ4v) is 5.11. The Morgan fingerprint density at radius 3 is 2.90 bits per heavy atom. The molecule has 5 heterocycles. The molecule has 4 aromatic rings. The van der Waals surface area contributed by atoms with Crippen molar-refractivity contribution in [1.29, 1.82) is 0 Å². The highest BCUT2D eigenvalue weighted by Crippen LogP contribution is 2.41. The molecule has 1 amide bonds. The van der Waals surface area contributed by atoms with Crippen LogP contribution in [-0.2, 0) is 0 Å². The van der Waals surface area contributed by atoms with Crippen molar-refractivity contribution in [3.63, 3.8) is 0 Å². The van der Waals surface area contributed by atoms with E-state index in [2.05, 4.69) is 39.4 Å². The summed E-state index contributed by atoms with van der Waals surface area (Å²) in [4.78, 5) is 18.2. The van der Waals surface area contributed by atoms with Gasteiger partial charge in [-0.1, -0.05) is 0 Å². The summed E-state index contributed by atoms with van der Waals surface area (Å²) in [5.41, 5.74) is 3.79. The van der Waals surface area contributed by atoms with Crippen LogP contribution in [-0.4, -0.2) is 46.3 Å². The van der Waals surface area contributed by atoms with Crippen molar-refractivity contribution in [3.05, 3.63) is 41.5 Å². The quantitative estimate of drug-likeness (QED) is 0.478. The molecule has 0 aliphatic carbocycles. The van der Waals surface area contributed by atoms with Gasteiger partial charge in [-0.2, -0.15) is 5.10 Å². The predicted molar refractivity (Wildman–Crippen MR) is 116 cm³/mol. The first-order valence-corrected chi connectivity index (χ1v) is 10.7. The number of benzene rings is 1. The first-order valence-electron chi connectivity index (χ1n) is 9.83. The normalized spacial score (nSPS) is 19.5. The molecule has 3 N–H and O–H groups in total. The number of hydrogen-bond donors (Lipinski definition) is 3. The van der Waals surface area contributed by atoms with E-state index in [4.69, 9.17) is 4.98 Å². The van der Waals surface area contributed by atoms with Crippen LogP contribution in [0.4, 0.5) is 5.69 Å². The van der Waals surface area contributed by atoms with E-state index in [0.717, 1.165) is 55.9 Å². The molecule has 29 heavy (non-hydrogen) atoms. The van der Waals surface area contributed by atoms with E-state index in [9.17, 15) is 4.79 Å². The molecule has 2 aliphatic rings. The fraction of sp³-hybridized carbons (Fsp3) is 0.286. The number of nitrogens with zero attached hydrogens (tertiary/aromatic N) is 3. The van der Waals surface area contributed by atoms with Crippen LogP contribution in [0, 0.1) is 0 Å². The maximum absolute atomic E-state index is 12.6. The second kappa shape index (κ2) is 6.27. The Morgan fingerprint density at radius 2 is 2.07 bits per heavy atom. The zero-order chi connectivity index (χ0) is 19.5. The number of thiophene rings is 1. The first kappa shape index (κ1) is 16.9. The van der Waals surface area contributed by atoms with Crippen molar-refractivity contribution in [2.45, 2.75) is 19.0 Å². The number of amides is 1. The average molecular weight is 404 g/mol. The molecule has 6 rings (SSSR count). The average Bonchev–Trinajstić information content (AvgIpc) is 3.26. The Morgan fingerprint density at radius 1 is 1.17 bits per heavy atom. The number of pyridine rings is 1. The van der Waals surface area contributed by atoms with Gasteiger partial charge in [0.15, 0.2) is 0 Å². The number of carbonyl (C=O) groups is 1. The lowest BCUT2D eigenvalue weighted by atomic mass is 10.1. The molecule has 0 unspecified atom stereocenters. The molecule has 0 saturated carbocycles. The third-order valence-electron chi connectivity index (χ3n) is 5.72. The van der Waals surface area contributed by atoms with Gasteiger partial charge in [0.05, 0.1) is 29.1 Å². The van der Waals surface area contributed by atoms with Gasteiger partial charge in [0.25, 0.3) is 5.91 Å². The molecular weight excluding hydrogens is 384 g/mol. The lowest BCUT2D eigenvalue weighted by Gasteiger charge is -2.27. The summed E-state index contributed by atoms with van der Waals surface area (Å²) in [7, 11) is 0. The van der Waals surface area contributed by atoms with Crippen molar-refractivity contribution in [3.8, 4) is 11.3 Å².